The van der Waals surface area contributed by atoms with Crippen LogP contribution in [0.1, 0.15) is 56.1 Å². The van der Waals surface area contributed by atoms with Gasteiger partial charge in [-0.05, 0) is 91.1 Å². The summed E-state index contributed by atoms with van der Waals surface area (Å²) in [6.45, 7) is 1.19. The highest BCUT2D eigenvalue weighted by Crippen LogP contribution is 2.32. The Morgan fingerprint density at radius 2 is 1.57 bits per heavy atom. The van der Waals surface area contributed by atoms with E-state index in [-0.39, 0.29) is 23.3 Å². The lowest BCUT2D eigenvalue weighted by atomic mass is 9.75. The number of amides is 3. The molecule has 1 heterocycles. The van der Waals surface area contributed by atoms with Crippen molar-refractivity contribution in [3.63, 3.8) is 0 Å². The second-order valence-corrected chi connectivity index (χ2v) is 14.3. The summed E-state index contributed by atoms with van der Waals surface area (Å²) in [6.07, 6.45) is 12.4. The largest absolute Gasteiger partial charge is 0.383 e. The minimum Gasteiger partial charge on any atom is -0.383 e. The van der Waals surface area contributed by atoms with E-state index in [0.717, 1.165) is 54.0 Å². The average Bonchev–Trinajstić information content (AvgIpc) is 3.09. The van der Waals surface area contributed by atoms with Crippen LogP contribution in [0.2, 0.25) is 0 Å². The third kappa shape index (κ3) is 9.38. The van der Waals surface area contributed by atoms with Crippen molar-refractivity contribution >= 4 is 28.5 Å². The first-order chi connectivity index (χ1) is 23.5. The molecule has 3 aromatic carbocycles. The van der Waals surface area contributed by atoms with Crippen molar-refractivity contribution in [2.75, 3.05) is 41.3 Å². The Hall–Kier alpha value is -4.43. The van der Waals surface area contributed by atoms with Gasteiger partial charge in [-0.15, -0.1) is 0 Å². The summed E-state index contributed by atoms with van der Waals surface area (Å²) in [5, 5.41) is 2.29. The van der Waals surface area contributed by atoms with Crippen molar-refractivity contribution in [3.8, 4) is 0 Å². The lowest BCUT2D eigenvalue weighted by molar-refractivity contribution is -0.149. The van der Waals surface area contributed by atoms with E-state index < -0.39 is 12.1 Å². The molecule has 1 saturated heterocycles. The second kappa shape index (κ2) is 16.3. The molecule has 2 fully saturated rings. The number of piperidine rings is 1. The lowest BCUT2D eigenvalue weighted by Gasteiger charge is -2.38. The van der Waals surface area contributed by atoms with Gasteiger partial charge in [-0.3, -0.25) is 14.4 Å². The van der Waals surface area contributed by atoms with Crippen molar-refractivity contribution in [3.05, 3.63) is 108 Å². The molecule has 260 valence electrons. The Balaban J connectivity index is 1.40. The number of fused-ring (bicyclic) bond motifs is 1. The minimum atomic E-state index is -0.763. The van der Waals surface area contributed by atoms with Crippen LogP contribution in [0.4, 0.5) is 0 Å². The first-order valence-corrected chi connectivity index (χ1v) is 17.7. The molecule has 0 spiro atoms. The molecule has 1 saturated carbocycles. The fourth-order valence-electron chi connectivity index (χ4n) is 7.07. The molecule has 0 radical (unpaired) electrons. The zero-order valence-corrected chi connectivity index (χ0v) is 29.7. The number of hydrogen-bond donors (Lipinski definition) is 1. The van der Waals surface area contributed by atoms with Crippen LogP contribution in [0.5, 0.6) is 0 Å². The van der Waals surface area contributed by atoms with Gasteiger partial charge in [0.15, 0.2) is 0 Å². The second-order valence-electron chi connectivity index (χ2n) is 14.3. The van der Waals surface area contributed by atoms with E-state index in [2.05, 4.69) is 36.5 Å². The maximum absolute atomic E-state index is 14.6. The minimum absolute atomic E-state index is 0.0695. The van der Waals surface area contributed by atoms with Crippen LogP contribution in [0, 0.1) is 0 Å². The first-order valence-electron chi connectivity index (χ1n) is 17.7. The molecule has 5 rings (SSSR count). The van der Waals surface area contributed by atoms with Crippen LogP contribution >= 0.6 is 0 Å². The van der Waals surface area contributed by atoms with E-state index >= 15 is 0 Å². The normalized spacial score (nSPS) is 17.8. The van der Waals surface area contributed by atoms with Gasteiger partial charge in [-0.1, -0.05) is 78.9 Å². The highest BCUT2D eigenvalue weighted by Gasteiger charge is 2.37. The number of likely N-dealkylation sites (N-methyl/N-ethyl adjacent to an activating group) is 2. The zero-order chi connectivity index (χ0) is 35.0. The molecule has 2 aliphatic rings. The van der Waals surface area contributed by atoms with E-state index in [4.69, 9.17) is 5.73 Å². The summed E-state index contributed by atoms with van der Waals surface area (Å²) in [5.41, 5.74) is 9.44. The van der Waals surface area contributed by atoms with E-state index in [1.165, 1.54) is 5.57 Å². The van der Waals surface area contributed by atoms with Gasteiger partial charge in [0.05, 0.1) is 0 Å². The summed E-state index contributed by atoms with van der Waals surface area (Å²) in [5.74, 6) is -0.553. The smallest absolute Gasteiger partial charge is 0.246 e. The molecule has 2 atom stereocenters. The Bertz CT molecular complexity index is 1660. The number of benzene rings is 3. The lowest BCUT2D eigenvalue weighted by Crippen LogP contribution is -2.56. The summed E-state index contributed by atoms with van der Waals surface area (Å²) >= 11 is 0. The molecule has 1 unspecified atom stereocenters. The Labute approximate surface area is 292 Å². The molecule has 8 nitrogen and oxygen atoms in total. The van der Waals surface area contributed by atoms with Gasteiger partial charge in [0.2, 0.25) is 17.7 Å². The molecular weight excluding hydrogens is 610 g/mol. The Morgan fingerprint density at radius 3 is 2.27 bits per heavy atom. The van der Waals surface area contributed by atoms with Gasteiger partial charge >= 0.3 is 0 Å². The van der Waals surface area contributed by atoms with Crippen LogP contribution in [0.25, 0.3) is 10.8 Å². The van der Waals surface area contributed by atoms with Crippen LogP contribution in [-0.2, 0) is 27.2 Å². The molecule has 49 heavy (non-hydrogen) atoms. The fraction of sp³-hybridized carbons (Fsp3) is 0.439. The number of nitrogens with zero attached hydrogens (tertiary/aromatic N) is 4. The quantitative estimate of drug-likeness (QED) is 0.242. The van der Waals surface area contributed by atoms with E-state index in [1.54, 1.807) is 30.0 Å². The van der Waals surface area contributed by atoms with Gasteiger partial charge in [0.25, 0.3) is 0 Å². The van der Waals surface area contributed by atoms with Crippen LogP contribution in [0.3, 0.4) is 0 Å². The average molecular weight is 664 g/mol. The summed E-state index contributed by atoms with van der Waals surface area (Å²) in [4.78, 5) is 49.7. The SMILES string of the molecule is CN(C)/C=C1\CCCN(C(=O)[C@@H](Cc2ccccc2)N(C)C(=O)C(CCc2ccc3ccccc3c2)N(C)C(=O)/C=C/CC2(N)CCC2)C1. The van der Waals surface area contributed by atoms with E-state index in [9.17, 15) is 14.4 Å². The number of carbonyl (C=O) groups excluding carboxylic acids is 3. The van der Waals surface area contributed by atoms with Crippen LogP contribution in [-0.4, -0.2) is 96.2 Å². The summed E-state index contributed by atoms with van der Waals surface area (Å²) < 4.78 is 0. The van der Waals surface area contributed by atoms with Gasteiger partial charge in [0, 0.05) is 53.2 Å². The van der Waals surface area contributed by atoms with Gasteiger partial charge in [0.1, 0.15) is 12.1 Å². The predicted molar refractivity (Wildman–Crippen MR) is 198 cm³/mol. The molecule has 1 aliphatic carbocycles. The Kier molecular flexibility index (Phi) is 11.9. The summed E-state index contributed by atoms with van der Waals surface area (Å²) in [6, 6.07) is 22.9. The molecule has 0 bridgehead atoms. The van der Waals surface area contributed by atoms with E-state index in [0.29, 0.717) is 38.8 Å². The molecule has 2 N–H and O–H groups in total. The van der Waals surface area contributed by atoms with Gasteiger partial charge < -0.3 is 25.3 Å². The maximum atomic E-state index is 14.6. The zero-order valence-electron chi connectivity index (χ0n) is 29.7. The van der Waals surface area contributed by atoms with E-state index in [1.807, 2.05) is 72.4 Å². The molecule has 0 aromatic heterocycles. The maximum Gasteiger partial charge on any atom is 0.246 e. The van der Waals surface area contributed by atoms with Gasteiger partial charge in [-0.25, -0.2) is 0 Å². The molecule has 1 aliphatic heterocycles. The number of aryl methyl sites for hydroxylation is 1. The molecule has 3 aromatic rings. The van der Waals surface area contributed by atoms with Crippen LogP contribution < -0.4 is 5.73 Å². The molecule has 8 heteroatoms. The van der Waals surface area contributed by atoms with Gasteiger partial charge in [-0.2, -0.15) is 0 Å². The fourth-order valence-corrected chi connectivity index (χ4v) is 7.07. The number of hydrogen-bond acceptors (Lipinski definition) is 5. The third-order valence-electron chi connectivity index (χ3n) is 10.2. The van der Waals surface area contributed by atoms with Crippen molar-refractivity contribution in [2.45, 2.75) is 75.4 Å². The van der Waals surface area contributed by atoms with Crippen molar-refractivity contribution < 1.29 is 14.4 Å². The monoisotopic (exact) mass is 663 g/mol. The molecule has 3 amide bonds. The van der Waals surface area contributed by atoms with Crippen molar-refractivity contribution in [1.82, 2.24) is 19.6 Å². The predicted octanol–water partition coefficient (Wildman–Crippen LogP) is 5.56. The Morgan fingerprint density at radius 1 is 0.857 bits per heavy atom. The van der Waals surface area contributed by atoms with Crippen LogP contribution in [0.15, 0.2) is 96.7 Å². The van der Waals surface area contributed by atoms with Crippen molar-refractivity contribution in [1.29, 1.82) is 0 Å². The highest BCUT2D eigenvalue weighted by molar-refractivity contribution is 5.95. The first kappa shape index (κ1) is 35.9. The number of likely N-dealkylation sites (tertiary alicyclic amines) is 1. The standard InChI is InChI=1S/C41H53N5O3/c1-43(2)29-33-15-11-26-46(30-33)40(49)37(28-31-13-6-5-7-14-31)45(4)39(48)36(44(3)38(47)18-10-23-41(42)24-12-25-41)22-20-32-19-21-34-16-8-9-17-35(34)27-32/h5-10,13-14,16-19,21,27,29,36-37H,11-12,15,20,22-26,28,30,42H2,1-4H3/b18-10+,33-29+/t36?,37-/m1/s1. The number of rotatable bonds is 13. The number of carbonyl (C=O) groups is 3. The topological polar surface area (TPSA) is 90.2 Å². The number of nitrogens with two attached hydrogens (primary N) is 1. The summed E-state index contributed by atoms with van der Waals surface area (Å²) in [7, 11) is 7.40. The molecular formula is C41H53N5O3. The third-order valence-corrected chi connectivity index (χ3v) is 10.2. The highest BCUT2D eigenvalue weighted by atomic mass is 16.2. The van der Waals surface area contributed by atoms with Crippen molar-refractivity contribution in [2.24, 2.45) is 5.73 Å².